The standard InChI is InChI=1S/C16H16FN/c1-10-9-11(17)5-6-12(10)13-3-2-4-15-14(13)7-8-16(15)18/h2-6,9,16H,7-8,18H2,1H3. The number of rotatable bonds is 1. The van der Waals surface area contributed by atoms with Crippen LogP contribution in [0.5, 0.6) is 0 Å². The molecule has 0 aromatic heterocycles. The Morgan fingerprint density at radius 3 is 2.78 bits per heavy atom. The summed E-state index contributed by atoms with van der Waals surface area (Å²) in [6, 6.07) is 11.4. The molecule has 3 rings (SSSR count). The fourth-order valence-electron chi connectivity index (χ4n) is 2.87. The largest absolute Gasteiger partial charge is 0.324 e. The lowest BCUT2D eigenvalue weighted by Gasteiger charge is -2.12. The maximum Gasteiger partial charge on any atom is 0.123 e. The molecule has 1 atom stereocenters. The summed E-state index contributed by atoms with van der Waals surface area (Å²) >= 11 is 0. The topological polar surface area (TPSA) is 26.0 Å². The average Bonchev–Trinajstić information content (AvgIpc) is 2.72. The highest BCUT2D eigenvalue weighted by atomic mass is 19.1. The zero-order chi connectivity index (χ0) is 12.7. The second kappa shape index (κ2) is 4.21. The summed E-state index contributed by atoms with van der Waals surface area (Å²) in [5.41, 5.74) is 12.0. The van der Waals surface area contributed by atoms with E-state index in [-0.39, 0.29) is 11.9 Å². The van der Waals surface area contributed by atoms with E-state index in [1.54, 1.807) is 6.07 Å². The van der Waals surface area contributed by atoms with E-state index in [1.807, 2.05) is 19.1 Å². The molecular weight excluding hydrogens is 225 g/mol. The molecule has 0 radical (unpaired) electrons. The molecule has 0 bridgehead atoms. The molecule has 0 fully saturated rings. The summed E-state index contributed by atoms with van der Waals surface area (Å²) in [7, 11) is 0. The summed E-state index contributed by atoms with van der Waals surface area (Å²) in [6.07, 6.45) is 2.02. The van der Waals surface area contributed by atoms with Crippen LogP contribution in [-0.2, 0) is 6.42 Å². The fraction of sp³-hybridized carbons (Fsp3) is 0.250. The van der Waals surface area contributed by atoms with Crippen LogP contribution >= 0.6 is 0 Å². The minimum atomic E-state index is -0.180. The molecule has 0 heterocycles. The van der Waals surface area contributed by atoms with Crippen molar-refractivity contribution in [2.24, 2.45) is 5.73 Å². The van der Waals surface area contributed by atoms with Crippen LogP contribution in [0.25, 0.3) is 11.1 Å². The molecule has 2 heteroatoms. The Labute approximate surface area is 106 Å². The number of fused-ring (bicyclic) bond motifs is 1. The molecule has 2 aromatic carbocycles. The number of hydrogen-bond acceptors (Lipinski definition) is 1. The van der Waals surface area contributed by atoms with E-state index in [4.69, 9.17) is 5.73 Å². The van der Waals surface area contributed by atoms with Crippen LogP contribution in [0.4, 0.5) is 4.39 Å². The minimum absolute atomic E-state index is 0.153. The number of benzene rings is 2. The van der Waals surface area contributed by atoms with Gasteiger partial charge in [-0.15, -0.1) is 0 Å². The smallest absolute Gasteiger partial charge is 0.123 e. The molecule has 0 saturated heterocycles. The SMILES string of the molecule is Cc1cc(F)ccc1-c1cccc2c1CCC2N. The van der Waals surface area contributed by atoms with Gasteiger partial charge >= 0.3 is 0 Å². The molecule has 0 saturated carbocycles. The first-order chi connectivity index (χ1) is 8.66. The van der Waals surface area contributed by atoms with Crippen LogP contribution in [0, 0.1) is 12.7 Å². The second-order valence-corrected chi connectivity index (χ2v) is 4.98. The summed E-state index contributed by atoms with van der Waals surface area (Å²) in [5.74, 6) is -0.180. The lowest BCUT2D eigenvalue weighted by molar-refractivity contribution is 0.627. The maximum absolute atomic E-state index is 13.2. The van der Waals surface area contributed by atoms with Crippen LogP contribution in [0.1, 0.15) is 29.2 Å². The van der Waals surface area contributed by atoms with Crippen LogP contribution < -0.4 is 5.73 Å². The lowest BCUT2D eigenvalue weighted by atomic mass is 9.93. The average molecular weight is 241 g/mol. The number of aryl methyl sites for hydroxylation is 1. The number of nitrogens with two attached hydrogens (primary N) is 1. The van der Waals surface area contributed by atoms with Gasteiger partial charge in [0.25, 0.3) is 0 Å². The van der Waals surface area contributed by atoms with Crippen molar-refractivity contribution in [2.45, 2.75) is 25.8 Å². The van der Waals surface area contributed by atoms with Gasteiger partial charge in [0.2, 0.25) is 0 Å². The Kier molecular flexibility index (Phi) is 2.67. The molecule has 1 nitrogen and oxygen atoms in total. The molecule has 2 N–H and O–H groups in total. The van der Waals surface area contributed by atoms with Crippen molar-refractivity contribution in [3.8, 4) is 11.1 Å². The van der Waals surface area contributed by atoms with E-state index in [9.17, 15) is 4.39 Å². The zero-order valence-corrected chi connectivity index (χ0v) is 10.4. The highest BCUT2D eigenvalue weighted by Crippen LogP contribution is 2.37. The van der Waals surface area contributed by atoms with Crippen LogP contribution in [0.15, 0.2) is 36.4 Å². The van der Waals surface area contributed by atoms with Crippen molar-refractivity contribution in [2.75, 3.05) is 0 Å². The van der Waals surface area contributed by atoms with Crippen molar-refractivity contribution >= 4 is 0 Å². The third kappa shape index (κ3) is 1.73. The molecule has 1 unspecified atom stereocenters. The van der Waals surface area contributed by atoms with Crippen molar-refractivity contribution in [1.82, 2.24) is 0 Å². The van der Waals surface area contributed by atoms with E-state index < -0.39 is 0 Å². The second-order valence-electron chi connectivity index (χ2n) is 4.98. The number of hydrogen-bond donors (Lipinski definition) is 1. The normalized spacial score (nSPS) is 17.8. The summed E-state index contributed by atoms with van der Waals surface area (Å²) < 4.78 is 13.2. The summed E-state index contributed by atoms with van der Waals surface area (Å²) in [6.45, 7) is 1.95. The molecule has 1 aliphatic rings. The molecule has 92 valence electrons. The monoisotopic (exact) mass is 241 g/mol. The lowest BCUT2D eigenvalue weighted by Crippen LogP contribution is -2.05. The van der Waals surface area contributed by atoms with Crippen molar-refractivity contribution in [3.63, 3.8) is 0 Å². The summed E-state index contributed by atoms with van der Waals surface area (Å²) in [5, 5.41) is 0. The Balaban J connectivity index is 2.19. The van der Waals surface area contributed by atoms with Crippen LogP contribution in [-0.4, -0.2) is 0 Å². The Hall–Kier alpha value is -1.67. The van der Waals surface area contributed by atoms with E-state index in [1.165, 1.54) is 22.8 Å². The van der Waals surface area contributed by atoms with Gasteiger partial charge in [0, 0.05) is 6.04 Å². The maximum atomic E-state index is 13.2. The summed E-state index contributed by atoms with van der Waals surface area (Å²) in [4.78, 5) is 0. The van der Waals surface area contributed by atoms with E-state index in [0.717, 1.165) is 24.0 Å². The van der Waals surface area contributed by atoms with Crippen molar-refractivity contribution < 1.29 is 4.39 Å². The fourth-order valence-corrected chi connectivity index (χ4v) is 2.87. The van der Waals surface area contributed by atoms with Crippen LogP contribution in [0.2, 0.25) is 0 Å². The van der Waals surface area contributed by atoms with Gasteiger partial charge in [-0.3, -0.25) is 0 Å². The highest BCUT2D eigenvalue weighted by Gasteiger charge is 2.22. The van der Waals surface area contributed by atoms with E-state index >= 15 is 0 Å². The minimum Gasteiger partial charge on any atom is -0.324 e. The first-order valence-electron chi connectivity index (χ1n) is 6.30. The molecule has 0 amide bonds. The predicted octanol–water partition coefficient (Wildman–Crippen LogP) is 3.75. The van der Waals surface area contributed by atoms with Gasteiger partial charge in [0.1, 0.15) is 5.82 Å². The Morgan fingerprint density at radius 1 is 1.17 bits per heavy atom. The highest BCUT2D eigenvalue weighted by molar-refractivity contribution is 5.72. The van der Waals surface area contributed by atoms with Gasteiger partial charge < -0.3 is 5.73 Å². The Bertz CT molecular complexity index is 604. The first-order valence-corrected chi connectivity index (χ1v) is 6.30. The van der Waals surface area contributed by atoms with Gasteiger partial charge in [-0.1, -0.05) is 24.3 Å². The molecule has 18 heavy (non-hydrogen) atoms. The van der Waals surface area contributed by atoms with Gasteiger partial charge in [-0.25, -0.2) is 4.39 Å². The quantitative estimate of drug-likeness (QED) is 0.808. The van der Waals surface area contributed by atoms with Crippen molar-refractivity contribution in [1.29, 1.82) is 0 Å². The van der Waals surface area contributed by atoms with E-state index in [2.05, 4.69) is 12.1 Å². The molecule has 1 aliphatic carbocycles. The van der Waals surface area contributed by atoms with Crippen LogP contribution in [0.3, 0.4) is 0 Å². The Morgan fingerprint density at radius 2 is 2.00 bits per heavy atom. The molecule has 0 spiro atoms. The number of halogens is 1. The van der Waals surface area contributed by atoms with Gasteiger partial charge in [0.05, 0.1) is 0 Å². The molecule has 0 aliphatic heterocycles. The third-order valence-corrected chi connectivity index (χ3v) is 3.80. The van der Waals surface area contributed by atoms with Gasteiger partial charge in [-0.2, -0.15) is 0 Å². The first kappa shape index (κ1) is 11.4. The molecule has 2 aromatic rings. The predicted molar refractivity (Wildman–Crippen MR) is 71.8 cm³/mol. The van der Waals surface area contributed by atoms with E-state index in [0.29, 0.717) is 0 Å². The van der Waals surface area contributed by atoms with Gasteiger partial charge in [-0.05, 0) is 59.7 Å². The molecular formula is C16H16FN. The zero-order valence-electron chi connectivity index (χ0n) is 10.4. The van der Waals surface area contributed by atoms with Crippen molar-refractivity contribution in [3.05, 3.63) is 58.9 Å². The van der Waals surface area contributed by atoms with Gasteiger partial charge in [0.15, 0.2) is 0 Å². The third-order valence-electron chi connectivity index (χ3n) is 3.80.